The highest BCUT2D eigenvalue weighted by Gasteiger charge is 2.16. The van der Waals surface area contributed by atoms with Crippen LogP contribution in [0.25, 0.3) is 5.69 Å². The summed E-state index contributed by atoms with van der Waals surface area (Å²) in [7, 11) is 1.62. The van der Waals surface area contributed by atoms with E-state index < -0.39 is 0 Å². The van der Waals surface area contributed by atoms with Gasteiger partial charge in [-0.05, 0) is 42.2 Å². The van der Waals surface area contributed by atoms with Crippen molar-refractivity contribution in [1.82, 2.24) is 14.8 Å². The van der Waals surface area contributed by atoms with Crippen LogP contribution in [0.2, 0.25) is 0 Å². The average molecular weight is 411 g/mol. The minimum absolute atomic E-state index is 0.0813. The number of hydrogen-bond acceptors (Lipinski definition) is 5. The molecule has 1 aromatic heterocycles. The van der Waals surface area contributed by atoms with Crippen molar-refractivity contribution in [3.8, 4) is 5.69 Å². The number of anilines is 1. The molecule has 3 aromatic rings. The third-order valence-electron chi connectivity index (χ3n) is 4.70. The second-order valence-electron chi connectivity index (χ2n) is 6.77. The van der Waals surface area contributed by atoms with Gasteiger partial charge in [-0.1, -0.05) is 55.9 Å². The van der Waals surface area contributed by atoms with E-state index in [-0.39, 0.29) is 11.7 Å². The molecule has 0 aliphatic rings. The van der Waals surface area contributed by atoms with E-state index >= 15 is 0 Å². The number of para-hydroxylation sites is 1. The van der Waals surface area contributed by atoms with Crippen LogP contribution in [0, 0.1) is 0 Å². The highest BCUT2D eigenvalue weighted by Crippen LogP contribution is 2.23. The van der Waals surface area contributed by atoms with Crippen LogP contribution in [0.5, 0.6) is 0 Å². The Bertz CT molecular complexity index is 926. The molecule has 0 aliphatic carbocycles. The highest BCUT2D eigenvalue weighted by molar-refractivity contribution is 7.99. The number of thioether (sulfide) groups is 1. The van der Waals surface area contributed by atoms with Crippen LogP contribution in [0.3, 0.4) is 0 Å². The molecule has 0 aliphatic heterocycles. The molecule has 1 heterocycles. The number of carbonyl (C=O) groups excluding carboxylic acids is 1. The van der Waals surface area contributed by atoms with Crippen molar-refractivity contribution in [2.45, 2.75) is 37.9 Å². The Labute approximate surface area is 175 Å². The fourth-order valence-electron chi connectivity index (χ4n) is 2.91. The van der Waals surface area contributed by atoms with Gasteiger partial charge in [-0.2, -0.15) is 0 Å². The summed E-state index contributed by atoms with van der Waals surface area (Å²) in [6.45, 7) is 4.71. The number of ether oxygens (including phenoxy) is 1. The molecule has 0 radical (unpaired) electrons. The van der Waals surface area contributed by atoms with Gasteiger partial charge in [0.1, 0.15) is 6.61 Å². The fourth-order valence-corrected chi connectivity index (χ4v) is 3.68. The second-order valence-corrected chi connectivity index (χ2v) is 7.71. The van der Waals surface area contributed by atoms with Gasteiger partial charge in [0.25, 0.3) is 0 Å². The summed E-state index contributed by atoms with van der Waals surface area (Å²) in [5.74, 6) is 1.37. The van der Waals surface area contributed by atoms with Crippen molar-refractivity contribution < 1.29 is 9.53 Å². The fraction of sp³-hybridized carbons (Fsp3) is 0.318. The molecule has 1 amide bonds. The molecule has 0 saturated carbocycles. The monoisotopic (exact) mass is 410 g/mol. The topological polar surface area (TPSA) is 69.0 Å². The van der Waals surface area contributed by atoms with Gasteiger partial charge in [0.15, 0.2) is 11.0 Å². The van der Waals surface area contributed by atoms with E-state index in [2.05, 4.69) is 41.5 Å². The predicted octanol–water partition coefficient (Wildman–Crippen LogP) is 4.66. The molecule has 1 atom stereocenters. The Hall–Kier alpha value is -2.64. The smallest absolute Gasteiger partial charge is 0.234 e. The zero-order valence-electron chi connectivity index (χ0n) is 17.0. The molecule has 29 heavy (non-hydrogen) atoms. The first-order valence-electron chi connectivity index (χ1n) is 9.63. The molecule has 0 spiro atoms. The first kappa shape index (κ1) is 21.1. The lowest BCUT2D eigenvalue weighted by Crippen LogP contribution is -2.14. The number of benzene rings is 2. The largest absolute Gasteiger partial charge is 0.377 e. The predicted molar refractivity (Wildman–Crippen MR) is 117 cm³/mol. The molecular weight excluding hydrogens is 384 g/mol. The van der Waals surface area contributed by atoms with Crippen LogP contribution in [-0.4, -0.2) is 33.5 Å². The van der Waals surface area contributed by atoms with Crippen molar-refractivity contribution in [2.75, 3.05) is 18.2 Å². The third-order valence-corrected chi connectivity index (χ3v) is 5.63. The number of methoxy groups -OCH3 is 1. The Balaban J connectivity index is 1.66. The van der Waals surface area contributed by atoms with Crippen LogP contribution in [0.4, 0.5) is 5.69 Å². The Kier molecular flexibility index (Phi) is 7.43. The average Bonchev–Trinajstić information content (AvgIpc) is 3.15. The van der Waals surface area contributed by atoms with Gasteiger partial charge in [-0.25, -0.2) is 0 Å². The second kappa shape index (κ2) is 10.2. The van der Waals surface area contributed by atoms with Gasteiger partial charge in [-0.15, -0.1) is 10.2 Å². The minimum atomic E-state index is -0.0813. The lowest BCUT2D eigenvalue weighted by molar-refractivity contribution is -0.113. The number of nitrogens with zero attached hydrogens (tertiary/aromatic N) is 3. The summed E-state index contributed by atoms with van der Waals surface area (Å²) < 4.78 is 7.15. The maximum Gasteiger partial charge on any atom is 0.234 e. The molecule has 152 valence electrons. The summed E-state index contributed by atoms with van der Waals surface area (Å²) in [5, 5.41) is 12.1. The van der Waals surface area contributed by atoms with E-state index in [1.807, 2.05) is 47.0 Å². The van der Waals surface area contributed by atoms with E-state index in [4.69, 9.17) is 4.74 Å². The minimum Gasteiger partial charge on any atom is -0.377 e. The molecule has 6 nitrogen and oxygen atoms in total. The van der Waals surface area contributed by atoms with Crippen LogP contribution in [-0.2, 0) is 16.1 Å². The van der Waals surface area contributed by atoms with Crippen LogP contribution < -0.4 is 5.32 Å². The van der Waals surface area contributed by atoms with Crippen molar-refractivity contribution in [2.24, 2.45) is 0 Å². The van der Waals surface area contributed by atoms with Crippen molar-refractivity contribution >= 4 is 23.4 Å². The van der Waals surface area contributed by atoms with Gasteiger partial charge in [0, 0.05) is 18.5 Å². The van der Waals surface area contributed by atoms with E-state index in [0.717, 1.165) is 17.8 Å². The molecule has 1 N–H and O–H groups in total. The molecule has 3 rings (SSSR count). The number of aromatic nitrogens is 3. The molecule has 1 unspecified atom stereocenters. The summed E-state index contributed by atoms with van der Waals surface area (Å²) >= 11 is 1.35. The zero-order chi connectivity index (χ0) is 20.6. The van der Waals surface area contributed by atoms with Crippen molar-refractivity contribution in [3.63, 3.8) is 0 Å². The molecule has 0 saturated heterocycles. The molecule has 0 bridgehead atoms. The van der Waals surface area contributed by atoms with Gasteiger partial charge < -0.3 is 10.1 Å². The summed E-state index contributed by atoms with van der Waals surface area (Å²) in [6.07, 6.45) is 1.09. The Morgan fingerprint density at radius 2 is 1.86 bits per heavy atom. The van der Waals surface area contributed by atoms with Gasteiger partial charge in [0.05, 0.1) is 5.75 Å². The van der Waals surface area contributed by atoms with Gasteiger partial charge in [0.2, 0.25) is 5.91 Å². The lowest BCUT2D eigenvalue weighted by atomic mass is 9.99. The maximum atomic E-state index is 12.4. The maximum absolute atomic E-state index is 12.4. The lowest BCUT2D eigenvalue weighted by Gasteiger charge is -2.11. The van der Waals surface area contributed by atoms with Crippen molar-refractivity contribution in [1.29, 1.82) is 0 Å². The van der Waals surface area contributed by atoms with Gasteiger partial charge >= 0.3 is 0 Å². The molecular formula is C22H26N4O2S. The summed E-state index contributed by atoms with van der Waals surface area (Å²) in [6, 6.07) is 17.9. The quantitative estimate of drug-likeness (QED) is 0.520. The van der Waals surface area contributed by atoms with Crippen LogP contribution in [0.15, 0.2) is 59.8 Å². The number of hydrogen-bond donors (Lipinski definition) is 1. The van der Waals surface area contributed by atoms with Crippen molar-refractivity contribution in [3.05, 3.63) is 66.0 Å². The van der Waals surface area contributed by atoms with E-state index in [0.29, 0.717) is 23.5 Å². The third kappa shape index (κ3) is 5.46. The summed E-state index contributed by atoms with van der Waals surface area (Å²) in [4.78, 5) is 12.4. The molecule has 2 aromatic carbocycles. The number of nitrogens with one attached hydrogen (secondary N) is 1. The zero-order valence-corrected chi connectivity index (χ0v) is 17.8. The first-order chi connectivity index (χ1) is 14.1. The Morgan fingerprint density at radius 1 is 1.14 bits per heavy atom. The summed E-state index contributed by atoms with van der Waals surface area (Å²) in [5.41, 5.74) is 3.02. The number of carbonyl (C=O) groups is 1. The van der Waals surface area contributed by atoms with Gasteiger partial charge in [-0.3, -0.25) is 9.36 Å². The highest BCUT2D eigenvalue weighted by atomic mass is 32.2. The molecule has 7 heteroatoms. The van der Waals surface area contributed by atoms with E-state index in [1.54, 1.807) is 7.11 Å². The van der Waals surface area contributed by atoms with Crippen LogP contribution in [0.1, 0.15) is 37.6 Å². The SMILES string of the molecule is CCC(C)c1ccc(NC(=O)CSc2nnc(COC)n2-c2ccccc2)cc1. The first-order valence-corrected chi connectivity index (χ1v) is 10.6. The standard InChI is InChI=1S/C22H26N4O2S/c1-4-16(2)17-10-12-18(13-11-17)23-21(27)15-29-22-25-24-20(14-28-3)26(22)19-8-6-5-7-9-19/h5-13,16H,4,14-15H2,1-3H3,(H,23,27). The van der Waals surface area contributed by atoms with E-state index in [1.165, 1.54) is 17.3 Å². The number of rotatable bonds is 9. The normalized spacial score (nSPS) is 12.0. The van der Waals surface area contributed by atoms with Crippen LogP contribution >= 0.6 is 11.8 Å². The van der Waals surface area contributed by atoms with E-state index in [9.17, 15) is 4.79 Å². The number of amides is 1. The molecule has 0 fully saturated rings. The Morgan fingerprint density at radius 3 is 2.52 bits per heavy atom.